The molecule has 0 N–H and O–H groups in total. The molecule has 0 bridgehead atoms. The molecule has 0 spiro atoms. The molecule has 0 radical (unpaired) electrons. The van der Waals surface area contributed by atoms with Crippen molar-refractivity contribution in [1.82, 2.24) is 0 Å². The van der Waals surface area contributed by atoms with Crippen LogP contribution in [0.25, 0.3) is 16.8 Å². The summed E-state index contributed by atoms with van der Waals surface area (Å²) >= 11 is 6.71. The van der Waals surface area contributed by atoms with Crippen molar-refractivity contribution in [2.45, 2.75) is 0 Å². The molecule has 0 fully saturated rings. The van der Waals surface area contributed by atoms with E-state index in [0.717, 1.165) is 3.39 Å². The lowest BCUT2D eigenvalue weighted by molar-refractivity contribution is 1.71. The Bertz CT molecular complexity index is 482. The van der Waals surface area contributed by atoms with Crippen LogP contribution in [0.4, 0.5) is 0 Å². The molecular weight excluding hydrogens is 304 g/mol. The van der Waals surface area contributed by atoms with Gasteiger partial charge >= 0.3 is 0 Å². The Morgan fingerprint density at radius 3 is 2.36 bits per heavy atom. The van der Waals surface area contributed by atoms with Crippen molar-refractivity contribution in [1.29, 1.82) is 0 Å². The van der Waals surface area contributed by atoms with E-state index in [1.807, 2.05) is 6.08 Å². The Labute approximate surface area is 99.9 Å². The third kappa shape index (κ3) is 2.25. The summed E-state index contributed by atoms with van der Waals surface area (Å²) in [5.41, 5.74) is 1.19. The fraction of sp³-hybridized carbons (Fsp3) is 0. The van der Waals surface area contributed by atoms with Gasteiger partial charge in [-0.15, -0.1) is 0 Å². The first-order valence-corrected chi connectivity index (χ1v) is 5.86. The summed E-state index contributed by atoms with van der Waals surface area (Å²) in [5, 5.41) is 2.54. The van der Waals surface area contributed by atoms with E-state index >= 15 is 0 Å². The van der Waals surface area contributed by atoms with Gasteiger partial charge in [0.25, 0.3) is 0 Å². The van der Waals surface area contributed by atoms with E-state index in [4.69, 9.17) is 0 Å². The average Bonchev–Trinajstić information content (AvgIpc) is 2.17. The maximum atomic E-state index is 3.35. The molecule has 0 saturated heterocycles. The summed E-state index contributed by atoms with van der Waals surface area (Å²) in [6.45, 7) is 0. The Balaban J connectivity index is 2.57. The summed E-state index contributed by atoms with van der Waals surface area (Å²) in [5.74, 6) is 0. The van der Waals surface area contributed by atoms with E-state index in [9.17, 15) is 0 Å². The summed E-state index contributed by atoms with van der Waals surface area (Å²) in [7, 11) is 0. The highest BCUT2D eigenvalue weighted by molar-refractivity contribution is 9.28. The highest BCUT2D eigenvalue weighted by Gasteiger charge is 1.93. The molecule has 0 aliphatic heterocycles. The van der Waals surface area contributed by atoms with Gasteiger partial charge in [0.2, 0.25) is 0 Å². The third-order valence-corrected chi connectivity index (χ3v) is 2.51. The smallest absolute Gasteiger partial charge is 0.0610 e. The number of rotatable bonds is 1. The Hall–Kier alpha value is -0.600. The molecule has 0 aromatic heterocycles. The van der Waals surface area contributed by atoms with Crippen molar-refractivity contribution in [2.24, 2.45) is 0 Å². The standard InChI is InChI=1S/C12H8Br2/c13-12(14)8-9-5-6-10-3-1-2-4-11(10)7-9/h1-8H. The number of halogens is 2. The average molecular weight is 312 g/mol. The van der Waals surface area contributed by atoms with Crippen molar-refractivity contribution >= 4 is 48.7 Å². The van der Waals surface area contributed by atoms with Crippen LogP contribution in [0.3, 0.4) is 0 Å². The van der Waals surface area contributed by atoms with E-state index in [2.05, 4.69) is 74.3 Å². The van der Waals surface area contributed by atoms with Gasteiger partial charge in [-0.1, -0.05) is 36.4 Å². The van der Waals surface area contributed by atoms with Gasteiger partial charge in [-0.2, -0.15) is 0 Å². The summed E-state index contributed by atoms with van der Waals surface area (Å²) in [6.07, 6.45) is 2.03. The number of benzene rings is 2. The zero-order valence-electron chi connectivity index (χ0n) is 7.37. The molecule has 2 aromatic rings. The second-order valence-electron chi connectivity index (χ2n) is 3.04. The predicted molar refractivity (Wildman–Crippen MR) is 69.8 cm³/mol. The predicted octanol–water partition coefficient (Wildman–Crippen LogP) is 4.93. The maximum absolute atomic E-state index is 3.35. The van der Waals surface area contributed by atoms with Crippen LogP contribution < -0.4 is 0 Å². The molecule has 2 aromatic carbocycles. The van der Waals surface area contributed by atoms with Crippen molar-refractivity contribution < 1.29 is 0 Å². The number of hydrogen-bond acceptors (Lipinski definition) is 0. The topological polar surface area (TPSA) is 0 Å². The second-order valence-corrected chi connectivity index (χ2v) is 5.81. The van der Waals surface area contributed by atoms with Gasteiger partial charge in [-0.25, -0.2) is 0 Å². The van der Waals surface area contributed by atoms with Gasteiger partial charge in [-0.05, 0) is 60.3 Å². The first kappa shape index (κ1) is 9.94. The van der Waals surface area contributed by atoms with Gasteiger partial charge in [-0.3, -0.25) is 0 Å². The Kier molecular flexibility index (Phi) is 3.04. The molecule has 0 aliphatic carbocycles. The van der Waals surface area contributed by atoms with Gasteiger partial charge < -0.3 is 0 Å². The van der Waals surface area contributed by atoms with Crippen LogP contribution in [0.15, 0.2) is 45.9 Å². The van der Waals surface area contributed by atoms with Crippen molar-refractivity contribution in [2.75, 3.05) is 0 Å². The molecule has 0 saturated carbocycles. The van der Waals surface area contributed by atoms with E-state index < -0.39 is 0 Å². The molecule has 0 aliphatic rings. The molecule has 0 amide bonds. The lowest BCUT2D eigenvalue weighted by atomic mass is 10.1. The van der Waals surface area contributed by atoms with Crippen molar-refractivity contribution in [3.05, 3.63) is 51.4 Å². The monoisotopic (exact) mass is 310 g/mol. The Morgan fingerprint density at radius 2 is 1.64 bits per heavy atom. The first-order chi connectivity index (χ1) is 6.75. The van der Waals surface area contributed by atoms with Crippen LogP contribution in [0.5, 0.6) is 0 Å². The normalized spacial score (nSPS) is 10.1. The highest BCUT2D eigenvalue weighted by atomic mass is 79.9. The minimum atomic E-state index is 0.959. The van der Waals surface area contributed by atoms with Crippen molar-refractivity contribution in [3.63, 3.8) is 0 Å². The molecule has 0 nitrogen and oxygen atoms in total. The maximum Gasteiger partial charge on any atom is 0.0610 e. The highest BCUT2D eigenvalue weighted by Crippen LogP contribution is 2.21. The third-order valence-electron chi connectivity index (χ3n) is 2.05. The summed E-state index contributed by atoms with van der Waals surface area (Å²) in [6, 6.07) is 14.7. The molecule has 14 heavy (non-hydrogen) atoms. The lowest BCUT2D eigenvalue weighted by Gasteiger charge is -1.98. The van der Waals surface area contributed by atoms with Crippen LogP contribution in [-0.4, -0.2) is 0 Å². The Morgan fingerprint density at radius 1 is 0.929 bits per heavy atom. The van der Waals surface area contributed by atoms with Crippen LogP contribution in [-0.2, 0) is 0 Å². The van der Waals surface area contributed by atoms with Gasteiger partial charge in [0, 0.05) is 0 Å². The minimum Gasteiger partial charge on any atom is -0.0616 e. The SMILES string of the molecule is BrC(Br)=Cc1ccc2ccccc2c1. The molecule has 2 rings (SSSR count). The van der Waals surface area contributed by atoms with Crippen molar-refractivity contribution in [3.8, 4) is 0 Å². The van der Waals surface area contributed by atoms with Gasteiger partial charge in [0.1, 0.15) is 0 Å². The fourth-order valence-corrected chi connectivity index (χ4v) is 1.95. The van der Waals surface area contributed by atoms with E-state index in [1.165, 1.54) is 16.3 Å². The molecular formula is C12H8Br2. The zero-order valence-corrected chi connectivity index (χ0v) is 10.5. The number of hydrogen-bond donors (Lipinski definition) is 0. The molecule has 0 heterocycles. The first-order valence-electron chi connectivity index (χ1n) is 4.27. The molecule has 0 atom stereocenters. The van der Waals surface area contributed by atoms with Crippen LogP contribution in [0, 0.1) is 0 Å². The zero-order chi connectivity index (χ0) is 9.97. The summed E-state index contributed by atoms with van der Waals surface area (Å²) < 4.78 is 0.959. The quantitative estimate of drug-likeness (QED) is 0.700. The van der Waals surface area contributed by atoms with E-state index in [-0.39, 0.29) is 0 Å². The second kappa shape index (κ2) is 4.28. The fourth-order valence-electron chi connectivity index (χ4n) is 1.42. The van der Waals surface area contributed by atoms with Gasteiger partial charge in [0.15, 0.2) is 0 Å². The van der Waals surface area contributed by atoms with E-state index in [0.29, 0.717) is 0 Å². The van der Waals surface area contributed by atoms with Crippen LogP contribution in [0.1, 0.15) is 5.56 Å². The molecule has 70 valence electrons. The summed E-state index contributed by atoms with van der Waals surface area (Å²) in [4.78, 5) is 0. The van der Waals surface area contributed by atoms with Crippen LogP contribution >= 0.6 is 31.9 Å². The number of fused-ring (bicyclic) bond motifs is 1. The van der Waals surface area contributed by atoms with Crippen LogP contribution in [0.2, 0.25) is 0 Å². The molecule has 0 unspecified atom stereocenters. The largest absolute Gasteiger partial charge is 0.0616 e. The van der Waals surface area contributed by atoms with E-state index in [1.54, 1.807) is 0 Å². The van der Waals surface area contributed by atoms with Gasteiger partial charge in [0.05, 0.1) is 3.39 Å². The minimum absolute atomic E-state index is 0.959. The molecule has 2 heteroatoms. The lowest BCUT2D eigenvalue weighted by Crippen LogP contribution is -1.74.